The minimum Gasteiger partial charge on any atom is -0.463 e. The van der Waals surface area contributed by atoms with Crippen molar-refractivity contribution in [3.8, 4) is 18.0 Å². The van der Waals surface area contributed by atoms with Gasteiger partial charge < -0.3 is 24.4 Å². The van der Waals surface area contributed by atoms with Crippen LogP contribution in [-0.2, 0) is 0 Å². The van der Waals surface area contributed by atoms with Crippen molar-refractivity contribution in [2.45, 2.75) is 25.7 Å². The van der Waals surface area contributed by atoms with Gasteiger partial charge in [-0.05, 0) is 48.7 Å². The Morgan fingerprint density at radius 2 is 1.14 bits per heavy atom. The van der Waals surface area contributed by atoms with Gasteiger partial charge >= 0.3 is 18.0 Å². The second kappa shape index (κ2) is 17.8. The van der Waals surface area contributed by atoms with Crippen molar-refractivity contribution in [2.24, 2.45) is 0 Å². The van der Waals surface area contributed by atoms with Crippen molar-refractivity contribution in [3.05, 3.63) is 12.7 Å². The third-order valence-electron chi connectivity index (χ3n) is 3.13. The molecule has 0 unspecified atom stereocenters. The lowest BCUT2D eigenvalue weighted by molar-refractivity contribution is 0.244. The Labute approximate surface area is 175 Å². The van der Waals surface area contributed by atoms with Crippen LogP contribution >= 0.6 is 23.5 Å². The first-order valence-corrected chi connectivity index (χ1v) is 11.7. The van der Waals surface area contributed by atoms with E-state index in [-0.39, 0.29) is 37.9 Å². The van der Waals surface area contributed by atoms with E-state index in [1.54, 1.807) is 29.6 Å². The molecule has 0 spiro atoms. The lowest BCUT2D eigenvalue weighted by Crippen LogP contribution is -2.09. The van der Waals surface area contributed by atoms with Crippen LogP contribution in [0.1, 0.15) is 25.7 Å². The molecule has 1 rings (SSSR count). The topological polar surface area (TPSA) is 107 Å². The van der Waals surface area contributed by atoms with Crippen molar-refractivity contribution in [1.29, 1.82) is 0 Å². The number of hydrogen-bond donors (Lipinski definition) is 2. The molecule has 1 heterocycles. The van der Waals surface area contributed by atoms with E-state index in [0.29, 0.717) is 13.2 Å². The van der Waals surface area contributed by atoms with Crippen LogP contribution in [0.3, 0.4) is 0 Å². The fraction of sp³-hybridized carbons (Fsp3) is 0.722. The SMILES string of the molecule is C=CCOc1nc(OCCCSCCCO)nc(OCCCSCCCO)n1. The van der Waals surface area contributed by atoms with Crippen molar-refractivity contribution >= 4 is 23.5 Å². The first-order valence-electron chi connectivity index (χ1n) is 9.42. The van der Waals surface area contributed by atoms with Gasteiger partial charge in [-0.25, -0.2) is 0 Å². The Morgan fingerprint density at radius 1 is 0.714 bits per heavy atom. The van der Waals surface area contributed by atoms with Crippen molar-refractivity contribution in [1.82, 2.24) is 15.0 Å². The molecule has 0 saturated heterocycles. The normalized spacial score (nSPS) is 10.6. The van der Waals surface area contributed by atoms with E-state index >= 15 is 0 Å². The highest BCUT2D eigenvalue weighted by Gasteiger charge is 2.10. The van der Waals surface area contributed by atoms with Gasteiger partial charge in [-0.2, -0.15) is 23.5 Å². The molecule has 8 nitrogen and oxygen atoms in total. The first-order chi connectivity index (χ1) is 13.8. The fourth-order valence-corrected chi connectivity index (χ4v) is 3.55. The van der Waals surface area contributed by atoms with Crippen LogP contribution < -0.4 is 14.2 Å². The summed E-state index contributed by atoms with van der Waals surface area (Å²) in [6, 6.07) is 0.512. The smallest absolute Gasteiger partial charge is 0.326 e. The second-order valence-corrected chi connectivity index (χ2v) is 8.02. The van der Waals surface area contributed by atoms with E-state index in [1.807, 2.05) is 0 Å². The number of aromatic nitrogens is 3. The zero-order valence-electron chi connectivity index (χ0n) is 16.3. The van der Waals surface area contributed by atoms with Gasteiger partial charge in [0.25, 0.3) is 0 Å². The maximum absolute atomic E-state index is 8.76. The molecule has 1 aromatic heterocycles. The summed E-state index contributed by atoms with van der Waals surface area (Å²) in [7, 11) is 0. The van der Waals surface area contributed by atoms with E-state index in [9.17, 15) is 0 Å². The third-order valence-corrected chi connectivity index (χ3v) is 5.44. The Hall–Kier alpha value is -1.23. The average molecular weight is 434 g/mol. The van der Waals surface area contributed by atoms with Gasteiger partial charge in [0, 0.05) is 13.2 Å². The Kier molecular flexibility index (Phi) is 15.8. The average Bonchev–Trinajstić information content (AvgIpc) is 2.71. The van der Waals surface area contributed by atoms with Gasteiger partial charge in [0.15, 0.2) is 0 Å². The highest BCUT2D eigenvalue weighted by atomic mass is 32.2. The van der Waals surface area contributed by atoms with Crippen molar-refractivity contribution < 1.29 is 24.4 Å². The molecule has 28 heavy (non-hydrogen) atoms. The summed E-state index contributed by atoms with van der Waals surface area (Å²) < 4.78 is 16.6. The van der Waals surface area contributed by atoms with Crippen LogP contribution in [0.15, 0.2) is 12.7 Å². The number of aliphatic hydroxyl groups excluding tert-OH is 2. The number of rotatable bonds is 19. The Bertz CT molecular complexity index is 490. The molecule has 2 N–H and O–H groups in total. The van der Waals surface area contributed by atoms with Crippen molar-refractivity contribution in [3.63, 3.8) is 0 Å². The Morgan fingerprint density at radius 3 is 1.57 bits per heavy atom. The molecule has 0 aliphatic heterocycles. The minimum absolute atomic E-state index is 0.148. The van der Waals surface area contributed by atoms with Gasteiger partial charge in [-0.15, -0.1) is 15.0 Å². The van der Waals surface area contributed by atoms with Crippen LogP contribution in [0.5, 0.6) is 18.0 Å². The van der Waals surface area contributed by atoms with Crippen LogP contribution in [0, 0.1) is 0 Å². The molecule has 0 bridgehead atoms. The molecule has 0 saturated carbocycles. The number of hydrogen-bond acceptors (Lipinski definition) is 10. The van der Waals surface area contributed by atoms with Gasteiger partial charge in [0.05, 0.1) is 13.2 Å². The highest BCUT2D eigenvalue weighted by Crippen LogP contribution is 2.16. The van der Waals surface area contributed by atoms with Crippen LogP contribution in [-0.4, -0.2) is 81.2 Å². The van der Waals surface area contributed by atoms with Crippen LogP contribution in [0.25, 0.3) is 0 Å². The predicted octanol–water partition coefficient (Wildman–Crippen LogP) is 2.21. The lowest BCUT2D eigenvalue weighted by atomic mass is 10.5. The first kappa shape index (κ1) is 24.8. The summed E-state index contributed by atoms with van der Waals surface area (Å²) >= 11 is 3.56. The molecule has 160 valence electrons. The van der Waals surface area contributed by atoms with E-state index in [2.05, 4.69) is 21.5 Å². The molecule has 1 aromatic rings. The van der Waals surface area contributed by atoms with E-state index in [0.717, 1.165) is 48.7 Å². The Balaban J connectivity index is 2.40. The van der Waals surface area contributed by atoms with Crippen LogP contribution in [0.4, 0.5) is 0 Å². The predicted molar refractivity (Wildman–Crippen MR) is 114 cm³/mol. The summed E-state index contributed by atoms with van der Waals surface area (Å²) in [5, 5.41) is 17.5. The van der Waals surface area contributed by atoms with Gasteiger partial charge in [0.2, 0.25) is 0 Å². The quantitative estimate of drug-likeness (QED) is 0.249. The van der Waals surface area contributed by atoms with Gasteiger partial charge in [0.1, 0.15) is 6.61 Å². The van der Waals surface area contributed by atoms with Gasteiger partial charge in [-0.1, -0.05) is 12.7 Å². The zero-order valence-corrected chi connectivity index (χ0v) is 17.9. The molecule has 0 fully saturated rings. The summed E-state index contributed by atoms with van der Waals surface area (Å²) in [4.78, 5) is 12.5. The molecule has 0 amide bonds. The largest absolute Gasteiger partial charge is 0.463 e. The van der Waals surface area contributed by atoms with Gasteiger partial charge in [-0.3, -0.25) is 0 Å². The minimum atomic E-state index is 0.148. The van der Waals surface area contributed by atoms with E-state index < -0.39 is 0 Å². The molecule has 10 heteroatoms. The molecule has 0 aliphatic rings. The lowest BCUT2D eigenvalue weighted by Gasteiger charge is -2.09. The third kappa shape index (κ3) is 13.0. The van der Waals surface area contributed by atoms with E-state index in [4.69, 9.17) is 24.4 Å². The summed E-state index contributed by atoms with van der Waals surface area (Å²) in [5.74, 6) is 3.78. The highest BCUT2D eigenvalue weighted by molar-refractivity contribution is 7.99. The molecule has 0 radical (unpaired) electrons. The number of nitrogens with zero attached hydrogens (tertiary/aromatic N) is 3. The standard InChI is InChI=1S/C18H31N3O5S2/c1-2-9-24-16-19-17(25-10-5-14-27-12-3-7-22)21-18(20-16)26-11-6-15-28-13-4-8-23/h2,22-23H,1,3-15H2. The number of ether oxygens (including phenoxy) is 3. The van der Waals surface area contributed by atoms with Crippen molar-refractivity contribution in [2.75, 3.05) is 56.0 Å². The molecular formula is C18H31N3O5S2. The summed E-state index contributed by atoms with van der Waals surface area (Å²) in [5.41, 5.74) is 0. The molecule has 0 aliphatic carbocycles. The monoisotopic (exact) mass is 433 g/mol. The molecular weight excluding hydrogens is 402 g/mol. The number of aliphatic hydroxyl groups is 2. The molecule has 0 atom stereocenters. The fourth-order valence-electron chi connectivity index (χ4n) is 1.83. The maximum Gasteiger partial charge on any atom is 0.326 e. The molecule has 0 aromatic carbocycles. The summed E-state index contributed by atoms with van der Waals surface area (Å²) in [6.45, 7) is 5.32. The maximum atomic E-state index is 8.76. The zero-order chi connectivity index (χ0) is 20.3. The number of thioether (sulfide) groups is 2. The second-order valence-electron chi connectivity index (χ2n) is 5.57. The summed E-state index contributed by atoms with van der Waals surface area (Å²) in [6.07, 6.45) is 4.93. The van der Waals surface area contributed by atoms with Crippen LogP contribution in [0.2, 0.25) is 0 Å². The van der Waals surface area contributed by atoms with E-state index in [1.165, 1.54) is 0 Å².